The van der Waals surface area contributed by atoms with E-state index in [4.69, 9.17) is 13.3 Å². The van der Waals surface area contributed by atoms with Crippen molar-refractivity contribution in [1.82, 2.24) is 0 Å². The molecule has 0 bridgehead atoms. The van der Waals surface area contributed by atoms with Crippen LogP contribution in [0.2, 0.25) is 0 Å². The van der Waals surface area contributed by atoms with E-state index in [1.165, 1.54) is 49.0 Å². The fourth-order valence-corrected chi connectivity index (χ4v) is 6.07. The first kappa shape index (κ1) is 52.7. The van der Waals surface area contributed by atoms with Gasteiger partial charge in [0.2, 0.25) is 0 Å². The van der Waals surface area contributed by atoms with E-state index in [0.717, 1.165) is 52.8 Å². The first-order chi connectivity index (χ1) is 28.2. The summed E-state index contributed by atoms with van der Waals surface area (Å²) in [4.78, 5) is 0. The summed E-state index contributed by atoms with van der Waals surface area (Å²) in [6.07, 6.45) is 3.12. The van der Waals surface area contributed by atoms with Gasteiger partial charge in [-0.05, 0) is 72.4 Å². The second kappa shape index (κ2) is 29.9. The van der Waals surface area contributed by atoms with Crippen LogP contribution in [-0.2, 0) is 19.3 Å². The van der Waals surface area contributed by atoms with Crippen LogP contribution in [-0.4, -0.2) is 0 Å². The van der Waals surface area contributed by atoms with Crippen LogP contribution in [0.3, 0.4) is 0 Å². The lowest BCUT2D eigenvalue weighted by Gasteiger charge is -1.95. The summed E-state index contributed by atoms with van der Waals surface area (Å²) in [5.74, 6) is 0. The number of hydrogen-bond acceptors (Lipinski definition) is 3. The molecule has 0 atom stereocenters. The average Bonchev–Trinajstić information content (AvgIpc) is 4.01. The molecular weight excluding hydrogens is 709 g/mol. The van der Waals surface area contributed by atoms with Gasteiger partial charge in [-0.2, -0.15) is 0 Å². The molecule has 0 aliphatic carbocycles. The van der Waals surface area contributed by atoms with Crippen molar-refractivity contribution < 1.29 is 13.3 Å². The van der Waals surface area contributed by atoms with E-state index < -0.39 is 0 Å². The predicted molar refractivity (Wildman–Crippen MR) is 264 cm³/mol. The van der Waals surface area contributed by atoms with Crippen molar-refractivity contribution in [3.63, 3.8) is 0 Å². The number of benzene rings is 6. The van der Waals surface area contributed by atoms with E-state index in [1.54, 1.807) is 0 Å². The van der Waals surface area contributed by atoms with Crippen LogP contribution in [0, 0.1) is 0 Å². The fraction of sp³-hybridized carbons (Fsp3) is 0.345. The molecule has 3 nitrogen and oxygen atoms in total. The Morgan fingerprint density at radius 3 is 1.21 bits per heavy atom. The molecule has 0 radical (unpaired) electrons. The molecule has 9 rings (SSSR count). The van der Waals surface area contributed by atoms with Crippen LogP contribution < -0.4 is 0 Å². The summed E-state index contributed by atoms with van der Waals surface area (Å²) in [6, 6.07) is 43.8. The minimum atomic E-state index is 0. The quantitative estimate of drug-likeness (QED) is 0.179. The molecular formula is C55H76O3. The van der Waals surface area contributed by atoms with Gasteiger partial charge in [0.15, 0.2) is 0 Å². The molecule has 0 saturated heterocycles. The van der Waals surface area contributed by atoms with Gasteiger partial charge in [0, 0.05) is 32.3 Å². The minimum Gasteiger partial charge on any atom is -0.456 e. The van der Waals surface area contributed by atoms with Gasteiger partial charge in [-0.25, -0.2) is 0 Å². The second-order valence-electron chi connectivity index (χ2n) is 11.3. The Kier molecular flexibility index (Phi) is 27.2. The highest BCUT2D eigenvalue weighted by molar-refractivity contribution is 6.07. The van der Waals surface area contributed by atoms with Crippen molar-refractivity contribution in [3.05, 3.63) is 144 Å². The summed E-state index contributed by atoms with van der Waals surface area (Å²) in [6.45, 7) is 30.5. The van der Waals surface area contributed by atoms with Gasteiger partial charge in [-0.15, -0.1) is 0 Å². The fourth-order valence-electron chi connectivity index (χ4n) is 6.07. The Balaban J connectivity index is 0.000000737. The molecule has 58 heavy (non-hydrogen) atoms. The van der Waals surface area contributed by atoms with Crippen LogP contribution in [0.4, 0.5) is 0 Å². The maximum Gasteiger partial charge on any atom is 0.138 e. The minimum absolute atomic E-state index is 0. The van der Waals surface area contributed by atoms with E-state index in [9.17, 15) is 0 Å². The van der Waals surface area contributed by atoms with Crippen molar-refractivity contribution in [3.8, 4) is 0 Å². The smallest absolute Gasteiger partial charge is 0.138 e. The first-order valence-corrected chi connectivity index (χ1v) is 21.9. The molecule has 0 fully saturated rings. The van der Waals surface area contributed by atoms with Crippen LogP contribution >= 0.6 is 0 Å². The van der Waals surface area contributed by atoms with Gasteiger partial charge < -0.3 is 13.3 Å². The molecule has 0 N–H and O–H groups in total. The number of furan rings is 3. The first-order valence-electron chi connectivity index (χ1n) is 21.9. The number of para-hydroxylation sites is 4. The van der Waals surface area contributed by atoms with Gasteiger partial charge in [-0.1, -0.05) is 202 Å². The second-order valence-corrected chi connectivity index (χ2v) is 11.3. The number of aryl methyl sites for hydroxylation is 3. The summed E-state index contributed by atoms with van der Waals surface area (Å²) in [5, 5.41) is 7.29. The van der Waals surface area contributed by atoms with Gasteiger partial charge in [0.25, 0.3) is 0 Å². The van der Waals surface area contributed by atoms with Crippen LogP contribution in [0.25, 0.3) is 65.8 Å². The molecule has 0 aliphatic heterocycles. The van der Waals surface area contributed by atoms with Gasteiger partial charge in [0.05, 0.1) is 0 Å². The van der Waals surface area contributed by atoms with Crippen LogP contribution in [0.1, 0.15) is 128 Å². The molecule has 0 saturated carbocycles. The van der Waals surface area contributed by atoms with E-state index in [2.05, 4.69) is 106 Å². The SMILES string of the molecule is C.CC.CC.CC.CC.CC.CC.CCc1ccc2c(c1)oc1ccccc12.CCc1ccc2oc3ccccc3c2c1.CCc1cccc2c1oc1ccccc12. The maximum absolute atomic E-state index is 5.87. The Bertz CT molecular complexity index is 2380. The van der Waals surface area contributed by atoms with Crippen LogP contribution in [0.15, 0.2) is 141 Å². The molecule has 3 heteroatoms. The molecule has 0 spiro atoms. The molecule has 3 aromatic heterocycles. The highest BCUT2D eigenvalue weighted by Crippen LogP contribution is 2.32. The summed E-state index contributed by atoms with van der Waals surface area (Å²) >= 11 is 0. The van der Waals surface area contributed by atoms with Crippen LogP contribution in [0.5, 0.6) is 0 Å². The van der Waals surface area contributed by atoms with Crippen molar-refractivity contribution in [2.75, 3.05) is 0 Å². The highest BCUT2D eigenvalue weighted by Gasteiger charge is 2.09. The lowest BCUT2D eigenvalue weighted by atomic mass is 10.1. The lowest BCUT2D eigenvalue weighted by Crippen LogP contribution is -1.78. The lowest BCUT2D eigenvalue weighted by molar-refractivity contribution is 0.663. The predicted octanol–water partition coefficient (Wildman–Crippen LogP) is 19.2. The third-order valence-electron chi connectivity index (χ3n) is 8.57. The van der Waals surface area contributed by atoms with Crippen molar-refractivity contribution >= 4 is 65.8 Å². The molecule has 9 aromatic rings. The van der Waals surface area contributed by atoms with E-state index in [0.29, 0.717) is 0 Å². The zero-order chi connectivity index (χ0) is 42.8. The Labute approximate surface area is 352 Å². The van der Waals surface area contributed by atoms with E-state index in [1.807, 2.05) is 126 Å². The molecule has 0 aliphatic rings. The normalized spacial score (nSPS) is 9.36. The average molecular weight is 785 g/mol. The largest absolute Gasteiger partial charge is 0.456 e. The summed E-state index contributed by atoms with van der Waals surface area (Å²) < 4.78 is 17.4. The zero-order valence-electron chi connectivity index (χ0n) is 38.0. The monoisotopic (exact) mass is 785 g/mol. The topological polar surface area (TPSA) is 39.4 Å². The summed E-state index contributed by atoms with van der Waals surface area (Å²) in [5.41, 5.74) is 9.90. The third kappa shape index (κ3) is 13.1. The molecule has 6 aromatic carbocycles. The molecule has 0 unspecified atom stereocenters. The maximum atomic E-state index is 5.87. The van der Waals surface area contributed by atoms with Crippen molar-refractivity contribution in [1.29, 1.82) is 0 Å². The van der Waals surface area contributed by atoms with Crippen molar-refractivity contribution in [2.45, 2.75) is 131 Å². The number of fused-ring (bicyclic) bond motifs is 9. The molecule has 0 amide bonds. The highest BCUT2D eigenvalue weighted by atomic mass is 16.3. The summed E-state index contributed by atoms with van der Waals surface area (Å²) in [7, 11) is 0. The van der Waals surface area contributed by atoms with Gasteiger partial charge in [-0.3, -0.25) is 0 Å². The Morgan fingerprint density at radius 2 is 0.690 bits per heavy atom. The number of rotatable bonds is 3. The van der Waals surface area contributed by atoms with Crippen molar-refractivity contribution in [2.24, 2.45) is 0 Å². The standard InChI is InChI=1S/3C14H12O.6C2H6.CH4/c1-2-10-6-5-8-12-11-7-3-4-9-13(11)15-14(10)12;1-2-10-7-8-14-12(9-10)11-5-3-4-6-13(11)15-14;1-2-10-7-8-12-11-5-3-4-6-13(11)15-14(12)9-10;6*1-2;/h3*3-9H,2H2,1H3;6*1-2H3;1H4. The van der Waals surface area contributed by atoms with Gasteiger partial charge in [0.1, 0.15) is 33.5 Å². The third-order valence-corrected chi connectivity index (χ3v) is 8.57. The molecule has 3 heterocycles. The molecule has 314 valence electrons. The number of hydrogen-bond donors (Lipinski definition) is 0. The van der Waals surface area contributed by atoms with Gasteiger partial charge >= 0.3 is 0 Å². The van der Waals surface area contributed by atoms with E-state index in [-0.39, 0.29) is 7.43 Å². The Hall–Kier alpha value is -5.28. The van der Waals surface area contributed by atoms with E-state index >= 15 is 0 Å². The Morgan fingerprint density at radius 1 is 0.310 bits per heavy atom. The zero-order valence-corrected chi connectivity index (χ0v) is 38.0.